The van der Waals surface area contributed by atoms with Crippen LogP contribution in [0.3, 0.4) is 0 Å². The molecule has 1 saturated heterocycles. The third-order valence-electron chi connectivity index (χ3n) is 7.19. The van der Waals surface area contributed by atoms with Crippen molar-refractivity contribution in [2.45, 2.75) is 13.5 Å². The van der Waals surface area contributed by atoms with Gasteiger partial charge in [-0.3, -0.25) is 9.69 Å². The van der Waals surface area contributed by atoms with E-state index in [0.29, 0.717) is 51.8 Å². The Morgan fingerprint density at radius 2 is 1.67 bits per heavy atom. The molecule has 0 atom stereocenters. The number of aromatic hydroxyl groups is 1. The fourth-order valence-corrected chi connectivity index (χ4v) is 5.15. The molecule has 0 aliphatic carbocycles. The van der Waals surface area contributed by atoms with Crippen molar-refractivity contribution < 1.29 is 33.2 Å². The minimum absolute atomic E-state index is 0.0879. The van der Waals surface area contributed by atoms with Crippen molar-refractivity contribution in [1.82, 2.24) is 4.90 Å². The van der Waals surface area contributed by atoms with E-state index >= 15 is 0 Å². The number of rotatable bonds is 7. The maximum absolute atomic E-state index is 13.5. The van der Waals surface area contributed by atoms with Gasteiger partial charge < -0.3 is 29.0 Å². The Morgan fingerprint density at radius 3 is 2.31 bits per heavy atom. The highest BCUT2D eigenvalue weighted by Crippen LogP contribution is 2.45. The Labute approximate surface area is 226 Å². The van der Waals surface area contributed by atoms with Gasteiger partial charge in [0.1, 0.15) is 17.3 Å². The molecule has 0 aromatic heterocycles. The van der Waals surface area contributed by atoms with Crippen LogP contribution in [0.5, 0.6) is 28.7 Å². The van der Waals surface area contributed by atoms with Crippen molar-refractivity contribution in [2.24, 2.45) is 0 Å². The van der Waals surface area contributed by atoms with Gasteiger partial charge in [0.05, 0.1) is 32.5 Å². The van der Waals surface area contributed by atoms with E-state index < -0.39 is 0 Å². The van der Waals surface area contributed by atoms with Gasteiger partial charge in [-0.2, -0.15) is 0 Å². The number of aryl methyl sites for hydroxylation is 1. The first-order valence-electron chi connectivity index (χ1n) is 12.7. The number of halogens is 1. The first-order chi connectivity index (χ1) is 18.8. The van der Waals surface area contributed by atoms with E-state index in [1.807, 2.05) is 0 Å². The number of carbonyl (C=O) groups excluding carboxylic acids is 1. The topological polar surface area (TPSA) is 80.7 Å². The molecule has 3 aromatic carbocycles. The number of methoxy groups -OCH3 is 3. The highest BCUT2D eigenvalue weighted by atomic mass is 19.1. The smallest absolute Gasteiger partial charge is 0.232 e. The number of piperazine rings is 1. The standard InChI is InChI=1S/C30H31FN2O6/c1-18-15-23(34)22(17-32-11-13-33(14-12-32)21-8-6-20(31)7-9-21)29-26(18)27(35)25(39-29)16-19-5-10-24(36-2)30(38-4)28(19)37-3/h5-10,15-16,34H,11-14,17H2,1-4H3/b25-16-. The number of anilines is 1. The van der Waals surface area contributed by atoms with E-state index in [1.165, 1.54) is 33.5 Å². The fourth-order valence-electron chi connectivity index (χ4n) is 5.15. The minimum atomic E-state index is -0.262. The van der Waals surface area contributed by atoms with E-state index in [0.717, 1.165) is 31.9 Å². The lowest BCUT2D eigenvalue weighted by atomic mass is 9.99. The van der Waals surface area contributed by atoms with Crippen molar-refractivity contribution in [3.63, 3.8) is 0 Å². The van der Waals surface area contributed by atoms with Gasteiger partial charge in [0.2, 0.25) is 11.5 Å². The predicted molar refractivity (Wildman–Crippen MR) is 146 cm³/mol. The molecular formula is C30H31FN2O6. The van der Waals surface area contributed by atoms with Gasteiger partial charge in [-0.15, -0.1) is 0 Å². The highest BCUT2D eigenvalue weighted by molar-refractivity contribution is 6.16. The van der Waals surface area contributed by atoms with E-state index in [9.17, 15) is 14.3 Å². The van der Waals surface area contributed by atoms with Crippen molar-refractivity contribution >= 4 is 17.5 Å². The lowest BCUT2D eigenvalue weighted by molar-refractivity contribution is 0.101. The van der Waals surface area contributed by atoms with Crippen molar-refractivity contribution in [1.29, 1.82) is 0 Å². The van der Waals surface area contributed by atoms with Crippen LogP contribution < -0.4 is 23.8 Å². The summed E-state index contributed by atoms with van der Waals surface area (Å²) >= 11 is 0. The number of hydrogen-bond acceptors (Lipinski definition) is 8. The van der Waals surface area contributed by atoms with Crippen LogP contribution in [0.25, 0.3) is 6.08 Å². The zero-order valence-corrected chi connectivity index (χ0v) is 22.4. The van der Waals surface area contributed by atoms with Gasteiger partial charge in [-0.05, 0) is 61.0 Å². The molecule has 2 aliphatic rings. The van der Waals surface area contributed by atoms with Crippen LogP contribution in [-0.4, -0.2) is 63.3 Å². The van der Waals surface area contributed by atoms with Crippen molar-refractivity contribution in [3.8, 4) is 28.7 Å². The summed E-state index contributed by atoms with van der Waals surface area (Å²) in [4.78, 5) is 17.9. The highest BCUT2D eigenvalue weighted by Gasteiger charge is 2.34. The van der Waals surface area contributed by atoms with Crippen LogP contribution >= 0.6 is 0 Å². The second-order valence-corrected chi connectivity index (χ2v) is 9.50. The van der Waals surface area contributed by atoms with Gasteiger partial charge in [-0.1, -0.05) is 0 Å². The Morgan fingerprint density at radius 1 is 0.974 bits per heavy atom. The second-order valence-electron chi connectivity index (χ2n) is 9.50. The van der Waals surface area contributed by atoms with Gasteiger partial charge in [-0.25, -0.2) is 4.39 Å². The Bertz CT molecular complexity index is 1430. The summed E-state index contributed by atoms with van der Waals surface area (Å²) in [6, 6.07) is 11.6. The molecule has 1 fully saturated rings. The summed E-state index contributed by atoms with van der Waals surface area (Å²) in [6.45, 7) is 5.18. The molecule has 3 aromatic rings. The molecule has 1 N–H and O–H groups in total. The molecule has 5 rings (SSSR count). The summed E-state index contributed by atoms with van der Waals surface area (Å²) < 4.78 is 35.8. The SMILES string of the molecule is COc1ccc(/C=C2\Oc3c(CN4CCN(c5ccc(F)cc5)CC4)c(O)cc(C)c3C2=O)c(OC)c1OC. The average Bonchev–Trinajstić information content (AvgIpc) is 3.27. The number of ether oxygens (including phenoxy) is 4. The lowest BCUT2D eigenvalue weighted by Gasteiger charge is -2.36. The molecule has 9 heteroatoms. The minimum Gasteiger partial charge on any atom is -0.507 e. The first-order valence-corrected chi connectivity index (χ1v) is 12.7. The zero-order chi connectivity index (χ0) is 27.7. The summed E-state index contributed by atoms with van der Waals surface area (Å²) in [5.74, 6) is 1.40. The van der Waals surface area contributed by atoms with Crippen molar-refractivity contribution in [3.05, 3.63) is 76.3 Å². The Balaban J connectivity index is 1.40. The third-order valence-corrected chi connectivity index (χ3v) is 7.19. The van der Waals surface area contributed by atoms with Gasteiger partial charge in [0.25, 0.3) is 0 Å². The number of hydrogen-bond donors (Lipinski definition) is 1. The zero-order valence-electron chi connectivity index (χ0n) is 22.4. The number of allylic oxidation sites excluding steroid dienone is 1. The number of carbonyl (C=O) groups is 1. The van der Waals surface area contributed by atoms with E-state index in [4.69, 9.17) is 18.9 Å². The average molecular weight is 535 g/mol. The predicted octanol–water partition coefficient (Wildman–Crippen LogP) is 4.80. The first kappa shape index (κ1) is 26.4. The molecule has 204 valence electrons. The normalized spacial score (nSPS) is 16.3. The number of phenolic OH excluding ortho intramolecular Hbond substituents is 1. The van der Waals surface area contributed by atoms with E-state index in [1.54, 1.807) is 43.3 Å². The summed E-state index contributed by atoms with van der Waals surface area (Å²) in [5.41, 5.74) is 3.22. The molecule has 2 aliphatic heterocycles. The Kier molecular flexibility index (Phi) is 7.34. The van der Waals surface area contributed by atoms with Gasteiger partial charge in [0.15, 0.2) is 17.3 Å². The van der Waals surface area contributed by atoms with Crippen LogP contribution in [0.15, 0.2) is 48.2 Å². The van der Waals surface area contributed by atoms with E-state index in [-0.39, 0.29) is 23.1 Å². The van der Waals surface area contributed by atoms with Crippen LogP contribution in [-0.2, 0) is 6.54 Å². The lowest BCUT2D eigenvalue weighted by Crippen LogP contribution is -2.46. The quantitative estimate of drug-likeness (QED) is 0.433. The number of fused-ring (bicyclic) bond motifs is 1. The molecule has 2 heterocycles. The summed E-state index contributed by atoms with van der Waals surface area (Å²) in [7, 11) is 4.57. The molecule has 0 bridgehead atoms. The third kappa shape index (κ3) is 4.97. The maximum Gasteiger partial charge on any atom is 0.232 e. The molecule has 0 unspecified atom stereocenters. The number of ketones is 1. The number of nitrogens with zero attached hydrogens (tertiary/aromatic N) is 2. The fraction of sp³-hybridized carbons (Fsp3) is 0.300. The molecule has 0 spiro atoms. The number of phenols is 1. The molecule has 8 nitrogen and oxygen atoms in total. The molecule has 0 radical (unpaired) electrons. The van der Waals surface area contributed by atoms with Crippen LogP contribution in [0.1, 0.15) is 27.0 Å². The van der Waals surface area contributed by atoms with Gasteiger partial charge >= 0.3 is 0 Å². The molecule has 0 saturated carbocycles. The summed E-state index contributed by atoms with van der Waals surface area (Å²) in [6.07, 6.45) is 1.62. The van der Waals surface area contributed by atoms with E-state index in [2.05, 4.69) is 9.80 Å². The van der Waals surface area contributed by atoms with Crippen LogP contribution in [0.2, 0.25) is 0 Å². The Hall–Kier alpha value is -4.24. The second kappa shape index (κ2) is 10.9. The van der Waals surface area contributed by atoms with Crippen LogP contribution in [0, 0.1) is 12.7 Å². The molecule has 0 amide bonds. The molecule has 39 heavy (non-hydrogen) atoms. The van der Waals surface area contributed by atoms with Crippen LogP contribution in [0.4, 0.5) is 10.1 Å². The van der Waals surface area contributed by atoms with Gasteiger partial charge in [0, 0.05) is 44.0 Å². The number of Topliss-reactive ketones (excluding diaryl/α,β-unsaturated/α-hetero) is 1. The maximum atomic E-state index is 13.5. The summed E-state index contributed by atoms with van der Waals surface area (Å²) in [5, 5.41) is 10.9. The largest absolute Gasteiger partial charge is 0.507 e. The molecular weight excluding hydrogens is 503 g/mol. The monoisotopic (exact) mass is 534 g/mol. The van der Waals surface area contributed by atoms with Crippen molar-refractivity contribution in [2.75, 3.05) is 52.4 Å². The number of benzene rings is 3.